The maximum atomic E-state index is 12.9. The summed E-state index contributed by atoms with van der Waals surface area (Å²) < 4.78 is 0. The second-order valence-corrected chi connectivity index (χ2v) is 7.12. The summed E-state index contributed by atoms with van der Waals surface area (Å²) in [6.07, 6.45) is 3.47. The number of hydrogen-bond donors (Lipinski definition) is 2. The van der Waals surface area contributed by atoms with Crippen LogP contribution in [0, 0.1) is 11.8 Å². The molecular formula is C21H22N2O2. The molecule has 0 saturated heterocycles. The highest BCUT2D eigenvalue weighted by Crippen LogP contribution is 2.51. The summed E-state index contributed by atoms with van der Waals surface area (Å²) in [7, 11) is 0. The van der Waals surface area contributed by atoms with E-state index in [1.807, 2.05) is 48.5 Å². The van der Waals surface area contributed by atoms with Crippen molar-refractivity contribution in [3.05, 3.63) is 71.8 Å². The fourth-order valence-electron chi connectivity index (χ4n) is 3.87. The van der Waals surface area contributed by atoms with E-state index in [1.54, 1.807) is 12.1 Å². The van der Waals surface area contributed by atoms with Gasteiger partial charge in [-0.15, -0.1) is 0 Å². The fourth-order valence-corrected chi connectivity index (χ4v) is 3.87. The van der Waals surface area contributed by atoms with Crippen molar-refractivity contribution in [1.29, 1.82) is 0 Å². The van der Waals surface area contributed by atoms with E-state index in [0.717, 1.165) is 30.2 Å². The molecule has 0 spiro atoms. The monoisotopic (exact) mass is 334 g/mol. The normalized spacial score (nSPS) is 24.9. The molecule has 2 fully saturated rings. The Morgan fingerprint density at radius 1 is 0.840 bits per heavy atom. The summed E-state index contributed by atoms with van der Waals surface area (Å²) >= 11 is 0. The highest BCUT2D eigenvalue weighted by Gasteiger charge is 2.46. The summed E-state index contributed by atoms with van der Waals surface area (Å²) in [5, 5.41) is 6.04. The number of fused-ring (bicyclic) bond motifs is 1. The Bertz CT molecular complexity index is 750. The van der Waals surface area contributed by atoms with Gasteiger partial charge in [-0.25, -0.2) is 0 Å². The van der Waals surface area contributed by atoms with Crippen LogP contribution in [0.5, 0.6) is 0 Å². The molecule has 3 atom stereocenters. The molecule has 2 aliphatic carbocycles. The Labute approximate surface area is 147 Å². The molecule has 4 heteroatoms. The first-order valence-electron chi connectivity index (χ1n) is 8.92. The van der Waals surface area contributed by atoms with Crippen LogP contribution in [0.2, 0.25) is 0 Å². The quantitative estimate of drug-likeness (QED) is 0.883. The predicted octanol–water partition coefficient (Wildman–Crippen LogP) is 3.07. The second-order valence-electron chi connectivity index (χ2n) is 7.12. The number of carbonyl (C=O) groups is 2. The lowest BCUT2D eigenvalue weighted by Gasteiger charge is -2.22. The first kappa shape index (κ1) is 15.9. The van der Waals surface area contributed by atoms with E-state index >= 15 is 0 Å². The Hall–Kier alpha value is -2.62. The number of benzene rings is 2. The molecule has 3 unspecified atom stereocenters. The number of hydrogen-bond acceptors (Lipinski definition) is 2. The molecule has 2 aromatic rings. The minimum Gasteiger partial charge on any atom is -0.351 e. The van der Waals surface area contributed by atoms with Crippen molar-refractivity contribution in [2.75, 3.05) is 0 Å². The summed E-state index contributed by atoms with van der Waals surface area (Å²) in [5.41, 5.74) is 1.35. The highest BCUT2D eigenvalue weighted by molar-refractivity contribution is 5.97. The van der Waals surface area contributed by atoms with Gasteiger partial charge in [-0.05, 0) is 48.8 Å². The van der Waals surface area contributed by atoms with Gasteiger partial charge in [-0.3, -0.25) is 9.59 Å². The average Bonchev–Trinajstić information content (AvgIpc) is 3.27. The topological polar surface area (TPSA) is 58.2 Å². The Balaban J connectivity index is 1.49. The van der Waals surface area contributed by atoms with Crippen molar-refractivity contribution in [1.82, 2.24) is 10.6 Å². The lowest BCUT2D eigenvalue weighted by Crippen LogP contribution is -2.44. The standard InChI is InChI=1S/C21H22N2O2/c24-20(15-9-5-2-6-10-15)23-19(14-7-3-1-4-8-14)21(25)22-18-12-16-11-17(16)13-18/h1-10,16-19H,11-13H2,(H,22,25)(H,23,24). The van der Waals surface area contributed by atoms with E-state index < -0.39 is 6.04 Å². The van der Waals surface area contributed by atoms with Gasteiger partial charge in [-0.2, -0.15) is 0 Å². The van der Waals surface area contributed by atoms with Crippen molar-refractivity contribution in [2.45, 2.75) is 31.3 Å². The van der Waals surface area contributed by atoms with E-state index in [9.17, 15) is 9.59 Å². The molecule has 4 rings (SSSR count). The van der Waals surface area contributed by atoms with Crippen molar-refractivity contribution < 1.29 is 9.59 Å². The van der Waals surface area contributed by atoms with Crippen molar-refractivity contribution in [3.63, 3.8) is 0 Å². The number of rotatable bonds is 5. The first-order valence-corrected chi connectivity index (χ1v) is 8.92. The molecule has 0 bridgehead atoms. The molecule has 2 N–H and O–H groups in total. The molecule has 2 aliphatic rings. The van der Waals surface area contributed by atoms with Gasteiger partial charge in [0.25, 0.3) is 5.91 Å². The third-order valence-electron chi connectivity index (χ3n) is 5.30. The van der Waals surface area contributed by atoms with Gasteiger partial charge in [0, 0.05) is 11.6 Å². The summed E-state index contributed by atoms with van der Waals surface area (Å²) in [5.74, 6) is 1.25. The van der Waals surface area contributed by atoms with Crippen molar-refractivity contribution in [2.24, 2.45) is 11.8 Å². The number of nitrogens with one attached hydrogen (secondary N) is 2. The summed E-state index contributed by atoms with van der Waals surface area (Å²) in [6.45, 7) is 0. The van der Waals surface area contributed by atoms with Gasteiger partial charge in [0.05, 0.1) is 0 Å². The third-order valence-corrected chi connectivity index (χ3v) is 5.30. The van der Waals surface area contributed by atoms with Crippen LogP contribution in [0.1, 0.15) is 41.2 Å². The molecule has 2 saturated carbocycles. The summed E-state index contributed by atoms with van der Waals surface area (Å²) in [4.78, 5) is 25.4. The van der Waals surface area contributed by atoms with Gasteiger partial charge >= 0.3 is 0 Å². The maximum Gasteiger partial charge on any atom is 0.252 e. The SMILES string of the molecule is O=C(NC(C(=O)NC1CC2CC2C1)c1ccccc1)c1ccccc1. The Kier molecular flexibility index (Phi) is 4.26. The van der Waals surface area contributed by atoms with Crippen LogP contribution in [0.3, 0.4) is 0 Å². The van der Waals surface area contributed by atoms with Crippen LogP contribution < -0.4 is 10.6 Å². The molecule has 0 heterocycles. The summed E-state index contributed by atoms with van der Waals surface area (Å²) in [6, 6.07) is 18.0. The number of amides is 2. The Morgan fingerprint density at radius 2 is 1.44 bits per heavy atom. The largest absolute Gasteiger partial charge is 0.351 e. The van der Waals surface area contributed by atoms with E-state index in [0.29, 0.717) is 5.56 Å². The minimum atomic E-state index is -0.675. The smallest absolute Gasteiger partial charge is 0.252 e. The van der Waals surface area contributed by atoms with E-state index in [-0.39, 0.29) is 17.9 Å². The van der Waals surface area contributed by atoms with Crippen LogP contribution in [-0.4, -0.2) is 17.9 Å². The van der Waals surface area contributed by atoms with E-state index in [4.69, 9.17) is 0 Å². The van der Waals surface area contributed by atoms with Gasteiger partial charge in [-0.1, -0.05) is 48.5 Å². The van der Waals surface area contributed by atoms with Crippen LogP contribution in [0.25, 0.3) is 0 Å². The van der Waals surface area contributed by atoms with E-state index in [1.165, 1.54) is 6.42 Å². The lowest BCUT2D eigenvalue weighted by atomic mass is 10.0. The second kappa shape index (κ2) is 6.71. The maximum absolute atomic E-state index is 12.9. The van der Waals surface area contributed by atoms with E-state index in [2.05, 4.69) is 10.6 Å². The van der Waals surface area contributed by atoms with Gasteiger partial charge in [0.15, 0.2) is 0 Å². The molecular weight excluding hydrogens is 312 g/mol. The zero-order chi connectivity index (χ0) is 17.2. The molecule has 128 valence electrons. The van der Waals surface area contributed by atoms with Crippen molar-refractivity contribution in [3.8, 4) is 0 Å². The minimum absolute atomic E-state index is 0.123. The molecule has 0 aliphatic heterocycles. The fraction of sp³-hybridized carbons (Fsp3) is 0.333. The molecule has 4 nitrogen and oxygen atoms in total. The van der Waals surface area contributed by atoms with Gasteiger partial charge in [0.2, 0.25) is 5.91 Å². The van der Waals surface area contributed by atoms with Gasteiger partial charge < -0.3 is 10.6 Å². The van der Waals surface area contributed by atoms with Crippen LogP contribution >= 0.6 is 0 Å². The Morgan fingerprint density at radius 3 is 2.08 bits per heavy atom. The van der Waals surface area contributed by atoms with Crippen LogP contribution in [0.4, 0.5) is 0 Å². The molecule has 2 aromatic carbocycles. The third kappa shape index (κ3) is 3.58. The average molecular weight is 334 g/mol. The molecule has 0 aromatic heterocycles. The lowest BCUT2D eigenvalue weighted by molar-refractivity contribution is -0.123. The number of carbonyl (C=O) groups excluding carboxylic acids is 2. The first-order chi connectivity index (χ1) is 12.2. The van der Waals surface area contributed by atoms with Gasteiger partial charge in [0.1, 0.15) is 6.04 Å². The van der Waals surface area contributed by atoms with Crippen molar-refractivity contribution >= 4 is 11.8 Å². The molecule has 2 amide bonds. The zero-order valence-electron chi connectivity index (χ0n) is 14.0. The molecule has 0 radical (unpaired) electrons. The van der Waals surface area contributed by atoms with Crippen LogP contribution in [0.15, 0.2) is 60.7 Å². The zero-order valence-corrected chi connectivity index (χ0v) is 14.0. The van der Waals surface area contributed by atoms with Crippen LogP contribution in [-0.2, 0) is 4.79 Å². The molecule has 25 heavy (non-hydrogen) atoms. The predicted molar refractivity (Wildman–Crippen MR) is 95.9 cm³/mol. The highest BCUT2D eigenvalue weighted by atomic mass is 16.2.